The van der Waals surface area contributed by atoms with Gasteiger partial charge in [0.1, 0.15) is 0 Å². The van der Waals surface area contributed by atoms with E-state index in [1.54, 1.807) is 0 Å². The first kappa shape index (κ1) is 11.9. The summed E-state index contributed by atoms with van der Waals surface area (Å²) in [5.41, 5.74) is -0.0407. The minimum absolute atomic E-state index is 0.0407. The summed E-state index contributed by atoms with van der Waals surface area (Å²) >= 11 is 0. The van der Waals surface area contributed by atoms with Crippen molar-refractivity contribution < 1.29 is 14.6 Å². The van der Waals surface area contributed by atoms with Gasteiger partial charge in [-0.1, -0.05) is 26.2 Å². The molecule has 92 valence electrons. The fraction of sp³-hybridized carbons (Fsp3) is 0.923. The fourth-order valence-corrected chi connectivity index (χ4v) is 3.56. The second kappa shape index (κ2) is 4.74. The first-order valence-corrected chi connectivity index (χ1v) is 6.51. The first-order valence-electron chi connectivity index (χ1n) is 6.51. The molecule has 1 aliphatic heterocycles. The van der Waals surface area contributed by atoms with E-state index < -0.39 is 5.97 Å². The third-order valence-electron chi connectivity index (χ3n) is 4.56. The third kappa shape index (κ3) is 1.86. The number of aliphatic carboxylic acids is 1. The van der Waals surface area contributed by atoms with E-state index in [0.29, 0.717) is 19.1 Å². The normalized spacial score (nSPS) is 27.1. The maximum Gasteiger partial charge on any atom is 0.307 e. The zero-order valence-corrected chi connectivity index (χ0v) is 10.1. The molecule has 1 saturated heterocycles. The van der Waals surface area contributed by atoms with Crippen LogP contribution in [0.25, 0.3) is 0 Å². The molecule has 2 fully saturated rings. The summed E-state index contributed by atoms with van der Waals surface area (Å²) in [7, 11) is 0. The van der Waals surface area contributed by atoms with Crippen LogP contribution in [-0.4, -0.2) is 24.3 Å². The summed E-state index contributed by atoms with van der Waals surface area (Å²) in [6.45, 7) is 3.33. The van der Waals surface area contributed by atoms with Crippen molar-refractivity contribution in [3.63, 3.8) is 0 Å². The van der Waals surface area contributed by atoms with Gasteiger partial charge in [-0.25, -0.2) is 0 Å². The van der Waals surface area contributed by atoms with Crippen LogP contribution in [0.5, 0.6) is 0 Å². The lowest BCUT2D eigenvalue weighted by Crippen LogP contribution is -2.56. The maximum absolute atomic E-state index is 11.4. The van der Waals surface area contributed by atoms with E-state index in [1.807, 2.05) is 6.92 Å². The van der Waals surface area contributed by atoms with Crippen molar-refractivity contribution in [3.8, 4) is 0 Å². The van der Waals surface area contributed by atoms with Gasteiger partial charge >= 0.3 is 5.97 Å². The van der Waals surface area contributed by atoms with E-state index in [4.69, 9.17) is 4.74 Å². The quantitative estimate of drug-likeness (QED) is 0.801. The summed E-state index contributed by atoms with van der Waals surface area (Å²) in [5.74, 6) is -0.253. The molecule has 0 aromatic carbocycles. The van der Waals surface area contributed by atoms with Crippen LogP contribution in [0.2, 0.25) is 0 Å². The highest BCUT2D eigenvalue weighted by Crippen LogP contribution is 2.49. The summed E-state index contributed by atoms with van der Waals surface area (Å²) < 4.78 is 5.36. The van der Waals surface area contributed by atoms with Crippen LogP contribution in [-0.2, 0) is 9.53 Å². The van der Waals surface area contributed by atoms with E-state index in [1.165, 1.54) is 32.1 Å². The van der Waals surface area contributed by atoms with Gasteiger partial charge in [0.25, 0.3) is 0 Å². The average molecular weight is 226 g/mol. The van der Waals surface area contributed by atoms with Gasteiger partial charge in [-0.2, -0.15) is 0 Å². The Morgan fingerprint density at radius 3 is 2.38 bits per heavy atom. The van der Waals surface area contributed by atoms with Crippen molar-refractivity contribution in [1.29, 1.82) is 0 Å². The lowest BCUT2D eigenvalue weighted by Gasteiger charge is -2.51. The number of carboxylic acids is 1. The minimum Gasteiger partial charge on any atom is -0.481 e. The molecule has 1 heterocycles. The van der Waals surface area contributed by atoms with Gasteiger partial charge in [0.2, 0.25) is 0 Å². The topological polar surface area (TPSA) is 46.5 Å². The smallest absolute Gasteiger partial charge is 0.307 e. The van der Waals surface area contributed by atoms with Crippen LogP contribution >= 0.6 is 0 Å². The van der Waals surface area contributed by atoms with Crippen LogP contribution < -0.4 is 0 Å². The van der Waals surface area contributed by atoms with E-state index >= 15 is 0 Å². The molecule has 1 N–H and O–H groups in total. The third-order valence-corrected chi connectivity index (χ3v) is 4.56. The lowest BCUT2D eigenvalue weighted by molar-refractivity contribution is -0.198. The van der Waals surface area contributed by atoms with Crippen molar-refractivity contribution in [3.05, 3.63) is 0 Å². The molecule has 0 aromatic rings. The monoisotopic (exact) mass is 226 g/mol. The molecular weight excluding hydrogens is 204 g/mol. The Hall–Kier alpha value is -0.570. The number of carbonyl (C=O) groups is 1. The largest absolute Gasteiger partial charge is 0.481 e. The van der Waals surface area contributed by atoms with Crippen molar-refractivity contribution in [1.82, 2.24) is 0 Å². The minimum atomic E-state index is -0.628. The molecule has 0 bridgehead atoms. The summed E-state index contributed by atoms with van der Waals surface area (Å²) in [5, 5.41) is 9.35. The van der Waals surface area contributed by atoms with Gasteiger partial charge in [-0.3, -0.25) is 4.79 Å². The molecule has 2 aliphatic rings. The average Bonchev–Trinajstić information content (AvgIpc) is 2.23. The van der Waals surface area contributed by atoms with E-state index in [-0.39, 0.29) is 11.3 Å². The molecule has 1 saturated carbocycles. The summed E-state index contributed by atoms with van der Waals surface area (Å²) in [4.78, 5) is 11.4. The molecule has 1 aliphatic carbocycles. The molecule has 3 nitrogen and oxygen atoms in total. The Morgan fingerprint density at radius 1 is 1.38 bits per heavy atom. The Balaban J connectivity index is 2.13. The number of ether oxygens (including phenoxy) is 1. The second-order valence-electron chi connectivity index (χ2n) is 5.36. The zero-order valence-electron chi connectivity index (χ0n) is 10.1. The highest BCUT2D eigenvalue weighted by molar-refractivity contribution is 5.71. The maximum atomic E-state index is 11.4. The predicted octanol–water partition coefficient (Wildman–Crippen LogP) is 2.69. The van der Waals surface area contributed by atoms with Crippen molar-refractivity contribution >= 4 is 5.97 Å². The Labute approximate surface area is 97.2 Å². The summed E-state index contributed by atoms with van der Waals surface area (Å²) in [6.07, 6.45) is 6.98. The molecule has 0 spiro atoms. The summed E-state index contributed by atoms with van der Waals surface area (Å²) in [6, 6.07) is 0. The molecule has 3 heteroatoms. The van der Waals surface area contributed by atoms with Crippen molar-refractivity contribution in [2.75, 3.05) is 13.2 Å². The molecule has 1 atom stereocenters. The van der Waals surface area contributed by atoms with Crippen molar-refractivity contribution in [2.45, 2.75) is 45.4 Å². The molecule has 16 heavy (non-hydrogen) atoms. The van der Waals surface area contributed by atoms with Crippen LogP contribution in [0.4, 0.5) is 0 Å². The number of hydrogen-bond donors (Lipinski definition) is 1. The highest BCUT2D eigenvalue weighted by atomic mass is 16.5. The van der Waals surface area contributed by atoms with Crippen LogP contribution in [0.15, 0.2) is 0 Å². The molecule has 0 amide bonds. The van der Waals surface area contributed by atoms with Crippen LogP contribution in [0.1, 0.15) is 45.4 Å². The SMILES string of the molecule is CCC(C(=O)O)C1(C2CCCCC2)COC1. The molecule has 0 aromatic heterocycles. The van der Waals surface area contributed by atoms with E-state index in [0.717, 1.165) is 6.42 Å². The molecule has 0 radical (unpaired) electrons. The molecular formula is C13H22O3. The Kier molecular flexibility index (Phi) is 3.53. The zero-order chi connectivity index (χ0) is 11.6. The first-order chi connectivity index (χ1) is 7.70. The molecule has 1 unspecified atom stereocenters. The van der Waals surface area contributed by atoms with Gasteiger partial charge in [0.05, 0.1) is 19.1 Å². The van der Waals surface area contributed by atoms with Gasteiger partial charge < -0.3 is 9.84 Å². The Morgan fingerprint density at radius 2 is 2.00 bits per heavy atom. The second-order valence-corrected chi connectivity index (χ2v) is 5.36. The van der Waals surface area contributed by atoms with Gasteiger partial charge in [0.15, 0.2) is 0 Å². The predicted molar refractivity (Wildman–Crippen MR) is 61.2 cm³/mol. The van der Waals surface area contributed by atoms with Crippen LogP contribution in [0.3, 0.4) is 0 Å². The van der Waals surface area contributed by atoms with E-state index in [9.17, 15) is 9.90 Å². The number of carboxylic acid groups (broad SMARTS) is 1. The Bertz CT molecular complexity index is 252. The van der Waals surface area contributed by atoms with Gasteiger partial charge in [-0.05, 0) is 25.2 Å². The number of rotatable bonds is 4. The van der Waals surface area contributed by atoms with Crippen molar-refractivity contribution in [2.24, 2.45) is 17.3 Å². The van der Waals surface area contributed by atoms with Crippen LogP contribution in [0, 0.1) is 17.3 Å². The number of hydrogen-bond acceptors (Lipinski definition) is 2. The van der Waals surface area contributed by atoms with Gasteiger partial charge in [-0.15, -0.1) is 0 Å². The fourth-order valence-electron chi connectivity index (χ4n) is 3.56. The van der Waals surface area contributed by atoms with Gasteiger partial charge in [0, 0.05) is 5.41 Å². The van der Waals surface area contributed by atoms with E-state index in [2.05, 4.69) is 0 Å². The molecule has 2 rings (SSSR count). The lowest BCUT2D eigenvalue weighted by atomic mass is 9.60. The highest BCUT2D eigenvalue weighted by Gasteiger charge is 2.53. The standard InChI is InChI=1S/C13H22O3/c1-2-11(12(14)15)13(8-16-9-13)10-6-4-3-5-7-10/h10-11H,2-9H2,1H3,(H,14,15).